The summed E-state index contributed by atoms with van der Waals surface area (Å²) in [7, 11) is 2.64. The van der Waals surface area contributed by atoms with Gasteiger partial charge in [0.2, 0.25) is 0 Å². The van der Waals surface area contributed by atoms with Gasteiger partial charge < -0.3 is 4.79 Å². The third kappa shape index (κ3) is 4.63. The van der Waals surface area contributed by atoms with Crippen LogP contribution in [-0.4, -0.2) is 6.29 Å². The first-order valence-electron chi connectivity index (χ1n) is 4.09. The molecule has 0 fully saturated rings. The number of aldehydes is 1. The van der Waals surface area contributed by atoms with Crippen molar-refractivity contribution in [2.45, 2.75) is 26.7 Å². The second kappa shape index (κ2) is 7.45. The third-order valence-corrected chi connectivity index (χ3v) is 2.77. The average Bonchev–Trinajstić information content (AvgIpc) is 2.51. The molecule has 0 aliphatic heterocycles. The maximum Gasteiger partial charge on any atom is 0.120 e. The summed E-state index contributed by atoms with van der Waals surface area (Å²) in [5.74, 6) is 0. The Morgan fingerprint density at radius 2 is 2.25 bits per heavy atom. The molecule has 1 aromatic rings. The van der Waals surface area contributed by atoms with Gasteiger partial charge in [-0.25, -0.2) is 0 Å². The van der Waals surface area contributed by atoms with Gasteiger partial charge in [-0.05, 0) is 23.2 Å². The highest BCUT2D eigenvalue weighted by Gasteiger charge is 1.94. The summed E-state index contributed by atoms with van der Waals surface area (Å²) >= 11 is 1.71. The quantitative estimate of drug-likeness (QED) is 0.543. The minimum Gasteiger partial charge on any atom is -0.303 e. The van der Waals surface area contributed by atoms with Crippen LogP contribution in [0, 0.1) is 0 Å². The highest BCUT2D eigenvalue weighted by molar-refractivity contribution is 7.29. The van der Waals surface area contributed by atoms with E-state index in [1.807, 2.05) is 13.8 Å². The Hall–Kier alpha value is -0.200. The van der Waals surface area contributed by atoms with Crippen molar-refractivity contribution in [1.29, 1.82) is 0 Å². The number of hydrogen-bond acceptors (Lipinski definition) is 2. The Balaban J connectivity index is 0.000000561. The molecular weight excluding hydrogens is 187 g/mol. The van der Waals surface area contributed by atoms with E-state index in [9.17, 15) is 4.79 Å². The van der Waals surface area contributed by atoms with Gasteiger partial charge in [-0.1, -0.05) is 13.8 Å². The van der Waals surface area contributed by atoms with Crippen molar-refractivity contribution < 1.29 is 4.79 Å². The number of hydrogen-bond donors (Lipinski definition) is 0. The molecule has 12 heavy (non-hydrogen) atoms. The van der Waals surface area contributed by atoms with E-state index >= 15 is 0 Å². The molecule has 0 saturated carbocycles. The lowest BCUT2D eigenvalue weighted by atomic mass is 10.3. The van der Waals surface area contributed by atoms with Gasteiger partial charge in [0.1, 0.15) is 6.29 Å². The lowest BCUT2D eigenvalue weighted by Crippen LogP contribution is -1.83. The Bertz CT molecular complexity index is 220. The first-order valence-corrected chi connectivity index (χ1v) is 5.55. The van der Waals surface area contributed by atoms with Gasteiger partial charge in [0.15, 0.2) is 0 Å². The van der Waals surface area contributed by atoms with Crippen molar-refractivity contribution in [3.8, 4) is 0 Å². The molecule has 1 nitrogen and oxygen atoms in total. The van der Waals surface area contributed by atoms with E-state index in [2.05, 4.69) is 20.7 Å². The normalized spacial score (nSPS) is 8.58. The van der Waals surface area contributed by atoms with Crippen molar-refractivity contribution in [2.24, 2.45) is 0 Å². The lowest BCUT2D eigenvalue weighted by Gasteiger charge is -1.86. The van der Waals surface area contributed by atoms with Crippen molar-refractivity contribution in [2.75, 3.05) is 0 Å². The molecule has 1 atom stereocenters. The first-order chi connectivity index (χ1) is 5.83. The fraction of sp³-hybridized carbons (Fsp3) is 0.444. The van der Waals surface area contributed by atoms with Gasteiger partial charge in [0.05, 0.1) is 0 Å². The SMILES string of the molecule is CC.O=CCCc1cc(P)cs1. The standard InChI is InChI=1S/C7H9OPS.C2H6/c8-3-1-2-7-4-6(9)5-10-7;1-2/h3-5H,1-2,9H2;1-2H3. The van der Waals surface area contributed by atoms with Crippen molar-refractivity contribution in [3.63, 3.8) is 0 Å². The zero-order valence-electron chi connectivity index (χ0n) is 7.54. The zero-order chi connectivity index (χ0) is 9.40. The van der Waals surface area contributed by atoms with Crippen LogP contribution >= 0.6 is 20.6 Å². The topological polar surface area (TPSA) is 17.1 Å². The fourth-order valence-electron chi connectivity index (χ4n) is 0.730. The van der Waals surface area contributed by atoms with Crippen LogP contribution in [0.15, 0.2) is 11.4 Å². The van der Waals surface area contributed by atoms with Crippen molar-refractivity contribution >= 4 is 32.2 Å². The van der Waals surface area contributed by atoms with E-state index in [1.54, 1.807) is 11.3 Å². The summed E-state index contributed by atoms with van der Waals surface area (Å²) in [5, 5.41) is 3.29. The van der Waals surface area contributed by atoms with Crippen LogP contribution in [-0.2, 0) is 11.2 Å². The maximum absolute atomic E-state index is 9.98. The highest BCUT2D eigenvalue weighted by atomic mass is 32.1. The molecule has 0 aliphatic rings. The fourth-order valence-corrected chi connectivity index (χ4v) is 2.05. The van der Waals surface area contributed by atoms with Crippen LogP contribution in [0.5, 0.6) is 0 Å². The van der Waals surface area contributed by atoms with Gasteiger partial charge in [-0.2, -0.15) is 0 Å². The Kier molecular flexibility index (Phi) is 7.33. The summed E-state index contributed by atoms with van der Waals surface area (Å²) in [6, 6.07) is 2.10. The molecule has 1 unspecified atom stereocenters. The van der Waals surface area contributed by atoms with Gasteiger partial charge in [-0.3, -0.25) is 0 Å². The molecule has 0 bridgehead atoms. The molecule has 0 N–H and O–H groups in total. The summed E-state index contributed by atoms with van der Waals surface area (Å²) in [4.78, 5) is 11.3. The molecule has 0 saturated heterocycles. The van der Waals surface area contributed by atoms with E-state index in [4.69, 9.17) is 0 Å². The van der Waals surface area contributed by atoms with Gasteiger partial charge in [-0.15, -0.1) is 20.6 Å². The summed E-state index contributed by atoms with van der Waals surface area (Å²) in [5.41, 5.74) is 0. The van der Waals surface area contributed by atoms with Crippen molar-refractivity contribution in [3.05, 3.63) is 16.3 Å². The molecule has 0 aliphatic carbocycles. The van der Waals surface area contributed by atoms with E-state index in [0.29, 0.717) is 6.42 Å². The Labute approximate surface area is 80.4 Å². The number of carbonyl (C=O) groups is 1. The maximum atomic E-state index is 9.98. The summed E-state index contributed by atoms with van der Waals surface area (Å²) in [6.45, 7) is 4.00. The van der Waals surface area contributed by atoms with Crippen LogP contribution in [0.25, 0.3) is 0 Å². The van der Waals surface area contributed by atoms with E-state index in [0.717, 1.165) is 12.7 Å². The zero-order valence-corrected chi connectivity index (χ0v) is 9.51. The van der Waals surface area contributed by atoms with Crippen LogP contribution in [0.1, 0.15) is 25.1 Å². The monoisotopic (exact) mass is 202 g/mol. The Morgan fingerprint density at radius 1 is 1.58 bits per heavy atom. The van der Waals surface area contributed by atoms with E-state index in [-0.39, 0.29) is 0 Å². The van der Waals surface area contributed by atoms with Crippen LogP contribution in [0.2, 0.25) is 0 Å². The number of carbonyl (C=O) groups excluding carboxylic acids is 1. The van der Waals surface area contributed by atoms with E-state index < -0.39 is 0 Å². The van der Waals surface area contributed by atoms with E-state index in [1.165, 1.54) is 10.2 Å². The molecule has 0 aromatic carbocycles. The molecule has 1 heterocycles. The number of thiophene rings is 1. The summed E-state index contributed by atoms with van der Waals surface area (Å²) in [6.07, 6.45) is 2.50. The van der Waals surface area contributed by atoms with Gasteiger partial charge in [0.25, 0.3) is 0 Å². The van der Waals surface area contributed by atoms with Crippen LogP contribution in [0.3, 0.4) is 0 Å². The van der Waals surface area contributed by atoms with Gasteiger partial charge >= 0.3 is 0 Å². The second-order valence-electron chi connectivity index (χ2n) is 2.05. The highest BCUT2D eigenvalue weighted by Crippen LogP contribution is 2.10. The largest absolute Gasteiger partial charge is 0.303 e. The molecular formula is C9H15OPS. The minimum absolute atomic E-state index is 0.643. The van der Waals surface area contributed by atoms with Crippen LogP contribution in [0.4, 0.5) is 0 Å². The van der Waals surface area contributed by atoms with Crippen molar-refractivity contribution in [1.82, 2.24) is 0 Å². The predicted molar refractivity (Wildman–Crippen MR) is 59.4 cm³/mol. The number of aryl methyl sites for hydroxylation is 1. The number of rotatable bonds is 3. The van der Waals surface area contributed by atoms with Gasteiger partial charge in [0, 0.05) is 11.3 Å². The Morgan fingerprint density at radius 3 is 2.67 bits per heavy atom. The third-order valence-electron chi connectivity index (χ3n) is 1.18. The molecule has 68 valence electrons. The van der Waals surface area contributed by atoms with Crippen LogP contribution < -0.4 is 5.30 Å². The summed E-state index contributed by atoms with van der Waals surface area (Å²) < 4.78 is 0. The lowest BCUT2D eigenvalue weighted by molar-refractivity contribution is -0.107. The molecule has 3 heteroatoms. The second-order valence-corrected chi connectivity index (χ2v) is 3.71. The molecule has 0 radical (unpaired) electrons. The molecule has 1 rings (SSSR count). The molecule has 1 aromatic heterocycles. The predicted octanol–water partition coefficient (Wildman–Crippen LogP) is 2.41. The smallest absolute Gasteiger partial charge is 0.120 e. The molecule has 0 spiro atoms. The molecule has 0 amide bonds. The first kappa shape index (κ1) is 11.8. The minimum atomic E-state index is 0.643. The average molecular weight is 202 g/mol.